The zero-order valence-corrected chi connectivity index (χ0v) is 8.56. The van der Waals surface area contributed by atoms with Gasteiger partial charge in [-0.25, -0.2) is 0 Å². The first-order valence-electron chi connectivity index (χ1n) is 4.50. The number of hydrogen-bond acceptors (Lipinski definition) is 2. The Bertz CT molecular complexity index is 126. The summed E-state index contributed by atoms with van der Waals surface area (Å²) in [5, 5.41) is -0.0519. The lowest BCUT2D eigenvalue weighted by molar-refractivity contribution is -0.143. The van der Waals surface area contributed by atoms with Crippen LogP contribution in [0.4, 0.5) is 0 Å². The Labute approximate surface area is 79.2 Å². The number of alkyl halides is 1. The number of halogens is 1. The van der Waals surface area contributed by atoms with E-state index in [-0.39, 0.29) is 11.3 Å². The van der Waals surface area contributed by atoms with Gasteiger partial charge >= 0.3 is 5.97 Å². The third-order valence-corrected chi connectivity index (χ3v) is 1.94. The van der Waals surface area contributed by atoms with Crippen molar-refractivity contribution in [3.63, 3.8) is 0 Å². The highest BCUT2D eigenvalue weighted by atomic mass is 35.5. The maximum absolute atomic E-state index is 10.9. The van der Waals surface area contributed by atoms with Crippen molar-refractivity contribution in [3.05, 3.63) is 0 Å². The molecule has 0 saturated heterocycles. The molecule has 12 heavy (non-hydrogen) atoms. The van der Waals surface area contributed by atoms with Crippen LogP contribution in [0.5, 0.6) is 0 Å². The highest BCUT2D eigenvalue weighted by Gasteiger charge is 2.10. The molecular weight excluding hydrogens is 176 g/mol. The van der Waals surface area contributed by atoms with E-state index < -0.39 is 0 Å². The van der Waals surface area contributed by atoms with Gasteiger partial charge in [0.1, 0.15) is 0 Å². The summed E-state index contributed by atoms with van der Waals surface area (Å²) < 4.78 is 4.77. The molecule has 0 rings (SSSR count). The molecule has 0 aliphatic heterocycles. The monoisotopic (exact) mass is 192 g/mol. The third-order valence-electron chi connectivity index (χ3n) is 1.56. The molecule has 0 amide bonds. The Morgan fingerprint density at radius 1 is 1.50 bits per heavy atom. The van der Waals surface area contributed by atoms with Crippen LogP contribution >= 0.6 is 11.6 Å². The maximum Gasteiger partial charge on any atom is 0.307 e. The summed E-state index contributed by atoms with van der Waals surface area (Å²) in [7, 11) is 0. The standard InChI is InChI=1S/C9H17ClO2/c1-3-5-6-8(10)7-9(11)12-4-2/h8H,3-7H2,1-2H3. The summed E-state index contributed by atoms with van der Waals surface area (Å²) in [5.41, 5.74) is 0. The molecule has 0 aliphatic rings. The van der Waals surface area contributed by atoms with Gasteiger partial charge in [-0.15, -0.1) is 11.6 Å². The molecule has 1 unspecified atom stereocenters. The number of rotatable bonds is 6. The first-order valence-corrected chi connectivity index (χ1v) is 4.94. The van der Waals surface area contributed by atoms with E-state index in [0.717, 1.165) is 19.3 Å². The molecule has 0 saturated carbocycles. The molecule has 0 aromatic rings. The molecule has 0 aliphatic carbocycles. The van der Waals surface area contributed by atoms with Crippen LogP contribution in [0.15, 0.2) is 0 Å². The van der Waals surface area contributed by atoms with Crippen molar-refractivity contribution in [2.45, 2.75) is 44.9 Å². The number of hydrogen-bond donors (Lipinski definition) is 0. The number of esters is 1. The zero-order chi connectivity index (χ0) is 9.40. The quantitative estimate of drug-likeness (QED) is 0.478. The average Bonchev–Trinajstić information content (AvgIpc) is 2.01. The summed E-state index contributed by atoms with van der Waals surface area (Å²) in [6, 6.07) is 0. The van der Waals surface area contributed by atoms with E-state index in [2.05, 4.69) is 6.92 Å². The molecule has 2 nitrogen and oxygen atoms in total. The van der Waals surface area contributed by atoms with Gasteiger partial charge in [-0.05, 0) is 13.3 Å². The second-order valence-electron chi connectivity index (χ2n) is 2.75. The molecule has 0 N–H and O–H groups in total. The summed E-state index contributed by atoms with van der Waals surface area (Å²) in [6.07, 6.45) is 3.44. The summed E-state index contributed by atoms with van der Waals surface area (Å²) in [6.45, 7) is 4.34. The molecule has 72 valence electrons. The zero-order valence-electron chi connectivity index (χ0n) is 7.81. The van der Waals surface area contributed by atoms with Crippen molar-refractivity contribution in [1.29, 1.82) is 0 Å². The van der Waals surface area contributed by atoms with E-state index in [9.17, 15) is 4.79 Å². The van der Waals surface area contributed by atoms with Gasteiger partial charge in [0, 0.05) is 5.38 Å². The largest absolute Gasteiger partial charge is 0.466 e. The van der Waals surface area contributed by atoms with Crippen molar-refractivity contribution in [1.82, 2.24) is 0 Å². The fraction of sp³-hybridized carbons (Fsp3) is 0.889. The first kappa shape index (κ1) is 11.8. The molecule has 0 heterocycles. The molecule has 0 spiro atoms. The molecule has 0 bridgehead atoms. The number of carbonyl (C=O) groups is 1. The second kappa shape index (κ2) is 7.41. The summed E-state index contributed by atoms with van der Waals surface area (Å²) in [5.74, 6) is -0.186. The fourth-order valence-electron chi connectivity index (χ4n) is 0.928. The van der Waals surface area contributed by atoms with Crippen LogP contribution in [0.1, 0.15) is 39.5 Å². The smallest absolute Gasteiger partial charge is 0.307 e. The van der Waals surface area contributed by atoms with Crippen LogP contribution in [0, 0.1) is 0 Å². The highest BCUT2D eigenvalue weighted by molar-refractivity contribution is 6.21. The third kappa shape index (κ3) is 6.47. The van der Waals surface area contributed by atoms with Crippen LogP contribution in [0.3, 0.4) is 0 Å². The first-order chi connectivity index (χ1) is 5.70. The number of unbranched alkanes of at least 4 members (excludes halogenated alkanes) is 1. The van der Waals surface area contributed by atoms with Crippen molar-refractivity contribution >= 4 is 17.6 Å². The van der Waals surface area contributed by atoms with E-state index in [1.165, 1.54) is 0 Å². The summed E-state index contributed by atoms with van der Waals surface area (Å²) >= 11 is 5.89. The predicted octanol–water partition coefficient (Wildman–Crippen LogP) is 2.74. The van der Waals surface area contributed by atoms with E-state index in [1.54, 1.807) is 6.92 Å². The maximum atomic E-state index is 10.9. The highest BCUT2D eigenvalue weighted by Crippen LogP contribution is 2.11. The van der Waals surface area contributed by atoms with Crippen molar-refractivity contribution in [2.75, 3.05) is 6.61 Å². The Morgan fingerprint density at radius 3 is 2.67 bits per heavy atom. The van der Waals surface area contributed by atoms with Crippen molar-refractivity contribution in [3.8, 4) is 0 Å². The minimum atomic E-state index is -0.186. The predicted molar refractivity (Wildman–Crippen MR) is 50.4 cm³/mol. The van der Waals surface area contributed by atoms with Crippen LogP contribution in [0.2, 0.25) is 0 Å². The molecule has 0 fully saturated rings. The van der Waals surface area contributed by atoms with E-state index in [1.807, 2.05) is 0 Å². The number of ether oxygens (including phenoxy) is 1. The Morgan fingerprint density at radius 2 is 2.17 bits per heavy atom. The summed E-state index contributed by atoms with van der Waals surface area (Å²) in [4.78, 5) is 10.9. The van der Waals surface area contributed by atoms with Crippen molar-refractivity contribution in [2.24, 2.45) is 0 Å². The van der Waals surface area contributed by atoms with Gasteiger partial charge in [0.2, 0.25) is 0 Å². The molecule has 0 aromatic carbocycles. The lowest BCUT2D eigenvalue weighted by atomic mass is 10.1. The van der Waals surface area contributed by atoms with Gasteiger partial charge in [-0.3, -0.25) is 4.79 Å². The lowest BCUT2D eigenvalue weighted by Crippen LogP contribution is -2.11. The molecule has 0 aromatic heterocycles. The van der Waals surface area contributed by atoms with E-state index in [0.29, 0.717) is 13.0 Å². The molecule has 1 atom stereocenters. The lowest BCUT2D eigenvalue weighted by Gasteiger charge is -2.07. The van der Waals surface area contributed by atoms with Crippen LogP contribution in [-0.4, -0.2) is 18.0 Å². The van der Waals surface area contributed by atoms with Gasteiger partial charge in [0.15, 0.2) is 0 Å². The van der Waals surface area contributed by atoms with Crippen molar-refractivity contribution < 1.29 is 9.53 Å². The van der Waals surface area contributed by atoms with Gasteiger partial charge in [0.25, 0.3) is 0 Å². The minimum Gasteiger partial charge on any atom is -0.466 e. The fourth-order valence-corrected chi connectivity index (χ4v) is 1.21. The SMILES string of the molecule is CCCCC(Cl)CC(=O)OCC. The van der Waals surface area contributed by atoms with Crippen LogP contribution in [0.25, 0.3) is 0 Å². The van der Waals surface area contributed by atoms with Gasteiger partial charge in [-0.2, -0.15) is 0 Å². The Kier molecular flexibility index (Phi) is 7.26. The van der Waals surface area contributed by atoms with E-state index in [4.69, 9.17) is 16.3 Å². The van der Waals surface area contributed by atoms with Crippen LogP contribution < -0.4 is 0 Å². The average molecular weight is 193 g/mol. The second-order valence-corrected chi connectivity index (χ2v) is 3.37. The number of carbonyl (C=O) groups excluding carboxylic acids is 1. The topological polar surface area (TPSA) is 26.3 Å². The Balaban J connectivity index is 3.40. The van der Waals surface area contributed by atoms with Gasteiger partial charge in [-0.1, -0.05) is 19.8 Å². The normalized spacial score (nSPS) is 12.6. The minimum absolute atomic E-state index is 0.0519. The van der Waals surface area contributed by atoms with E-state index >= 15 is 0 Å². The molecule has 3 heteroatoms. The van der Waals surface area contributed by atoms with Gasteiger partial charge < -0.3 is 4.74 Å². The van der Waals surface area contributed by atoms with Gasteiger partial charge in [0.05, 0.1) is 13.0 Å². The van der Waals surface area contributed by atoms with Crippen LogP contribution in [-0.2, 0) is 9.53 Å². The Hall–Kier alpha value is -0.240. The molecule has 0 radical (unpaired) electrons. The molecular formula is C9H17ClO2.